The second kappa shape index (κ2) is 5.52. The lowest BCUT2D eigenvalue weighted by atomic mass is 9.92. The Hall–Kier alpha value is -1.42. The minimum atomic E-state index is -0.285. The lowest BCUT2D eigenvalue weighted by molar-refractivity contribution is -0.133. The normalized spacial score (nSPS) is 29.3. The number of hydrogen-bond donors (Lipinski definition) is 0. The molecule has 1 aromatic carbocycles. The van der Waals surface area contributed by atoms with Gasteiger partial charge in [-0.25, -0.2) is 4.39 Å². The molecule has 1 amide bonds. The van der Waals surface area contributed by atoms with Gasteiger partial charge in [0.25, 0.3) is 0 Å². The van der Waals surface area contributed by atoms with E-state index in [1.54, 1.807) is 12.1 Å². The van der Waals surface area contributed by atoms with E-state index in [1.165, 1.54) is 12.1 Å². The van der Waals surface area contributed by atoms with Crippen LogP contribution in [0.25, 0.3) is 0 Å². The molecule has 0 saturated carbocycles. The molecule has 3 nitrogen and oxygen atoms in total. The summed E-state index contributed by atoms with van der Waals surface area (Å²) in [6.07, 6.45) is 2.87. The van der Waals surface area contributed by atoms with Crippen LogP contribution < -0.4 is 0 Å². The summed E-state index contributed by atoms with van der Waals surface area (Å²) < 4.78 is 19.0. The Labute approximate surface area is 118 Å². The Bertz CT molecular complexity index is 505. The van der Waals surface area contributed by atoms with Crippen molar-refractivity contribution in [3.63, 3.8) is 0 Å². The molecule has 3 rings (SSSR count). The van der Waals surface area contributed by atoms with Crippen molar-refractivity contribution in [3.8, 4) is 0 Å². The van der Waals surface area contributed by atoms with E-state index < -0.39 is 0 Å². The van der Waals surface area contributed by atoms with Gasteiger partial charge in [-0.1, -0.05) is 12.1 Å². The summed E-state index contributed by atoms with van der Waals surface area (Å²) in [5.41, 5.74) is 0.744. The second-order valence-electron chi connectivity index (χ2n) is 5.92. The quantitative estimate of drug-likeness (QED) is 0.830. The third-order valence-corrected chi connectivity index (χ3v) is 4.30. The number of fused-ring (bicyclic) bond motifs is 1. The van der Waals surface area contributed by atoms with Crippen LogP contribution in [0.2, 0.25) is 0 Å². The Balaban J connectivity index is 1.61. The molecule has 0 bridgehead atoms. The zero-order valence-corrected chi connectivity index (χ0v) is 11.7. The smallest absolute Gasteiger partial charge is 0.227 e. The summed E-state index contributed by atoms with van der Waals surface area (Å²) in [5.74, 6) is 0.274. The molecule has 2 fully saturated rings. The average Bonchev–Trinajstić information content (AvgIpc) is 2.77. The van der Waals surface area contributed by atoms with Gasteiger partial charge in [0, 0.05) is 19.0 Å². The molecule has 0 radical (unpaired) electrons. The zero-order valence-electron chi connectivity index (χ0n) is 11.7. The first-order valence-corrected chi connectivity index (χ1v) is 7.29. The molecule has 2 heterocycles. The van der Waals surface area contributed by atoms with Crippen LogP contribution in [-0.4, -0.2) is 36.1 Å². The number of halogens is 1. The number of ether oxygens (including phenoxy) is 1. The number of likely N-dealkylation sites (tertiary alicyclic amines) is 1. The van der Waals surface area contributed by atoms with Gasteiger partial charge in [-0.3, -0.25) is 4.79 Å². The third kappa shape index (κ3) is 2.85. The van der Waals surface area contributed by atoms with Crippen molar-refractivity contribution in [1.29, 1.82) is 0 Å². The van der Waals surface area contributed by atoms with Gasteiger partial charge in [0.2, 0.25) is 5.91 Å². The Morgan fingerprint density at radius 1 is 1.50 bits per heavy atom. The summed E-state index contributed by atoms with van der Waals surface area (Å²) in [5, 5.41) is 0. The molecule has 0 aromatic heterocycles. The summed E-state index contributed by atoms with van der Waals surface area (Å²) in [6.45, 7) is 3.63. The molecule has 2 aliphatic heterocycles. The SMILES string of the molecule is C[C@@H]1C[C@@H]2CN(C(=O)Cc3cccc(F)c3)CC[C@@H]2O1. The number of amides is 1. The maximum atomic E-state index is 13.1. The van der Waals surface area contributed by atoms with Gasteiger partial charge < -0.3 is 9.64 Å². The van der Waals surface area contributed by atoms with E-state index in [9.17, 15) is 9.18 Å². The van der Waals surface area contributed by atoms with E-state index in [0.717, 1.165) is 31.5 Å². The first-order valence-electron chi connectivity index (χ1n) is 7.29. The molecule has 0 aliphatic carbocycles. The highest BCUT2D eigenvalue weighted by Gasteiger charge is 2.38. The number of hydrogen-bond acceptors (Lipinski definition) is 2. The van der Waals surface area contributed by atoms with Crippen LogP contribution in [0, 0.1) is 11.7 Å². The number of piperidine rings is 1. The van der Waals surface area contributed by atoms with Crippen molar-refractivity contribution in [2.45, 2.75) is 38.4 Å². The molecular weight excluding hydrogens is 257 g/mol. The topological polar surface area (TPSA) is 29.5 Å². The highest BCUT2D eigenvalue weighted by atomic mass is 19.1. The summed E-state index contributed by atoms with van der Waals surface area (Å²) >= 11 is 0. The van der Waals surface area contributed by atoms with Gasteiger partial charge in [0.15, 0.2) is 0 Å². The van der Waals surface area contributed by atoms with Crippen molar-refractivity contribution >= 4 is 5.91 Å². The second-order valence-corrected chi connectivity index (χ2v) is 5.92. The van der Waals surface area contributed by atoms with Crippen molar-refractivity contribution in [2.24, 2.45) is 5.92 Å². The summed E-state index contributed by atoms with van der Waals surface area (Å²) in [7, 11) is 0. The molecule has 4 heteroatoms. The molecule has 108 valence electrons. The first kappa shape index (κ1) is 13.6. The summed E-state index contributed by atoms with van der Waals surface area (Å²) in [6, 6.07) is 6.29. The largest absolute Gasteiger partial charge is 0.375 e. The van der Waals surface area contributed by atoms with E-state index >= 15 is 0 Å². The number of nitrogens with zero attached hydrogens (tertiary/aromatic N) is 1. The van der Waals surface area contributed by atoms with Crippen molar-refractivity contribution in [3.05, 3.63) is 35.6 Å². The standard InChI is InChI=1S/C16H20FNO2/c1-11-7-13-10-18(6-5-15(13)20-11)16(19)9-12-3-2-4-14(17)8-12/h2-4,8,11,13,15H,5-7,9-10H2,1H3/t11-,13-,15+/m1/s1. The fourth-order valence-electron chi connectivity index (χ4n) is 3.36. The Morgan fingerprint density at radius 2 is 2.35 bits per heavy atom. The van der Waals surface area contributed by atoms with E-state index in [-0.39, 0.29) is 18.1 Å². The molecule has 20 heavy (non-hydrogen) atoms. The van der Waals surface area contributed by atoms with Gasteiger partial charge >= 0.3 is 0 Å². The minimum absolute atomic E-state index is 0.0913. The van der Waals surface area contributed by atoms with Crippen molar-refractivity contribution < 1.29 is 13.9 Å². The predicted molar refractivity (Wildman–Crippen MR) is 73.7 cm³/mol. The Morgan fingerprint density at radius 3 is 3.15 bits per heavy atom. The van der Waals surface area contributed by atoms with E-state index in [1.807, 2.05) is 4.90 Å². The number of carbonyl (C=O) groups is 1. The van der Waals surface area contributed by atoms with Crippen molar-refractivity contribution in [2.75, 3.05) is 13.1 Å². The van der Waals surface area contributed by atoms with Crippen LogP contribution in [0.3, 0.4) is 0 Å². The zero-order chi connectivity index (χ0) is 14.1. The highest BCUT2D eigenvalue weighted by molar-refractivity contribution is 5.78. The monoisotopic (exact) mass is 277 g/mol. The van der Waals surface area contributed by atoms with E-state index in [0.29, 0.717) is 18.1 Å². The maximum Gasteiger partial charge on any atom is 0.227 e. The van der Waals surface area contributed by atoms with Gasteiger partial charge in [0.05, 0.1) is 18.6 Å². The molecule has 0 unspecified atom stereocenters. The number of carbonyl (C=O) groups excluding carboxylic acids is 1. The fraction of sp³-hybridized carbons (Fsp3) is 0.562. The van der Waals surface area contributed by atoms with Crippen LogP contribution >= 0.6 is 0 Å². The third-order valence-electron chi connectivity index (χ3n) is 4.30. The lowest BCUT2D eigenvalue weighted by Gasteiger charge is -2.34. The lowest BCUT2D eigenvalue weighted by Crippen LogP contribution is -2.45. The predicted octanol–water partition coefficient (Wildman–Crippen LogP) is 2.39. The number of rotatable bonds is 2. The van der Waals surface area contributed by atoms with Gasteiger partial charge in [-0.05, 0) is 37.5 Å². The first-order chi connectivity index (χ1) is 9.61. The summed E-state index contributed by atoms with van der Waals surface area (Å²) in [4.78, 5) is 14.2. The molecule has 0 N–H and O–H groups in total. The van der Waals surface area contributed by atoms with Gasteiger partial charge in [-0.2, -0.15) is 0 Å². The molecule has 0 spiro atoms. The minimum Gasteiger partial charge on any atom is -0.375 e. The molecule has 2 aliphatic rings. The molecular formula is C16H20FNO2. The van der Waals surface area contributed by atoms with E-state index in [2.05, 4.69) is 6.92 Å². The maximum absolute atomic E-state index is 13.1. The van der Waals surface area contributed by atoms with Crippen LogP contribution in [0.5, 0.6) is 0 Å². The van der Waals surface area contributed by atoms with Gasteiger partial charge in [-0.15, -0.1) is 0 Å². The number of benzene rings is 1. The van der Waals surface area contributed by atoms with Gasteiger partial charge in [0.1, 0.15) is 5.82 Å². The molecule has 1 aromatic rings. The van der Waals surface area contributed by atoms with Crippen LogP contribution in [0.4, 0.5) is 4.39 Å². The molecule has 2 saturated heterocycles. The van der Waals surface area contributed by atoms with Crippen molar-refractivity contribution in [1.82, 2.24) is 4.90 Å². The average molecular weight is 277 g/mol. The highest BCUT2D eigenvalue weighted by Crippen LogP contribution is 2.32. The van der Waals surface area contributed by atoms with Crippen LogP contribution in [-0.2, 0) is 16.0 Å². The molecule has 3 atom stereocenters. The Kier molecular flexibility index (Phi) is 3.74. The van der Waals surface area contributed by atoms with Crippen LogP contribution in [0.15, 0.2) is 24.3 Å². The van der Waals surface area contributed by atoms with E-state index in [4.69, 9.17) is 4.74 Å². The van der Waals surface area contributed by atoms with Crippen LogP contribution in [0.1, 0.15) is 25.3 Å². The fourth-order valence-corrected chi connectivity index (χ4v) is 3.36.